The molecule has 0 aliphatic carbocycles. The Hall–Kier alpha value is -1.96. The summed E-state index contributed by atoms with van der Waals surface area (Å²) in [6.07, 6.45) is 1.30. The lowest BCUT2D eigenvalue weighted by Gasteiger charge is -1.88. The molecule has 1 aromatic heterocycles. The van der Waals surface area contributed by atoms with Crippen LogP contribution < -0.4 is 5.73 Å². The molecule has 15 heavy (non-hydrogen) atoms. The summed E-state index contributed by atoms with van der Waals surface area (Å²) in [6, 6.07) is 0. The summed E-state index contributed by atoms with van der Waals surface area (Å²) >= 11 is 0. The van der Waals surface area contributed by atoms with E-state index in [4.69, 9.17) is 10.5 Å². The largest absolute Gasteiger partial charge is 0.402 e. The first-order valence-electron chi connectivity index (χ1n) is 4.21. The highest BCUT2D eigenvalue weighted by Crippen LogP contribution is 2.17. The SMILES string of the molecule is NC(=O)c1cn(CC2CO2)nc1[N+](=O)[O-]. The first-order valence-corrected chi connectivity index (χ1v) is 4.21. The van der Waals surface area contributed by atoms with Crippen LogP contribution in [-0.2, 0) is 11.3 Å². The van der Waals surface area contributed by atoms with E-state index in [1.807, 2.05) is 0 Å². The second kappa shape index (κ2) is 3.31. The van der Waals surface area contributed by atoms with Gasteiger partial charge in [-0.3, -0.25) is 4.79 Å². The number of aromatic nitrogens is 2. The number of ether oxygens (including phenoxy) is 1. The van der Waals surface area contributed by atoms with Crippen LogP contribution in [0.15, 0.2) is 6.20 Å². The Kier molecular flexibility index (Phi) is 2.12. The highest BCUT2D eigenvalue weighted by Gasteiger charge is 2.29. The molecule has 0 spiro atoms. The number of nitro groups is 1. The number of carbonyl (C=O) groups is 1. The van der Waals surface area contributed by atoms with Crippen molar-refractivity contribution in [2.24, 2.45) is 5.73 Å². The Bertz CT molecular complexity index is 391. The molecule has 0 aromatic carbocycles. The molecule has 1 saturated heterocycles. The van der Waals surface area contributed by atoms with Crippen LogP contribution in [-0.4, -0.2) is 33.3 Å². The van der Waals surface area contributed by atoms with Crippen LogP contribution in [0.25, 0.3) is 0 Å². The predicted molar refractivity (Wildman–Crippen MR) is 47.1 cm³/mol. The van der Waals surface area contributed by atoms with Gasteiger partial charge in [-0.05, 0) is 4.92 Å². The van der Waals surface area contributed by atoms with Gasteiger partial charge in [0.1, 0.15) is 6.10 Å². The number of hydrogen-bond donors (Lipinski definition) is 1. The Balaban J connectivity index is 2.29. The van der Waals surface area contributed by atoms with Crippen molar-refractivity contribution in [2.45, 2.75) is 12.6 Å². The topological polar surface area (TPSA) is 117 Å². The Morgan fingerprint density at radius 1 is 1.87 bits per heavy atom. The monoisotopic (exact) mass is 212 g/mol. The van der Waals surface area contributed by atoms with Crippen molar-refractivity contribution in [1.82, 2.24) is 9.78 Å². The van der Waals surface area contributed by atoms with E-state index in [9.17, 15) is 14.9 Å². The van der Waals surface area contributed by atoms with E-state index < -0.39 is 16.6 Å². The van der Waals surface area contributed by atoms with Gasteiger partial charge < -0.3 is 20.6 Å². The molecular weight excluding hydrogens is 204 g/mol. The molecule has 8 heteroatoms. The minimum atomic E-state index is -0.857. The van der Waals surface area contributed by atoms with Crippen molar-refractivity contribution in [2.75, 3.05) is 6.61 Å². The first-order chi connectivity index (χ1) is 7.08. The molecule has 1 aliphatic heterocycles. The number of nitrogens with two attached hydrogens (primary N) is 1. The third-order valence-electron chi connectivity index (χ3n) is 1.97. The van der Waals surface area contributed by atoms with E-state index in [-0.39, 0.29) is 11.7 Å². The summed E-state index contributed by atoms with van der Waals surface area (Å²) in [6.45, 7) is 1.01. The highest BCUT2D eigenvalue weighted by molar-refractivity contribution is 5.95. The lowest BCUT2D eigenvalue weighted by Crippen LogP contribution is -2.12. The van der Waals surface area contributed by atoms with Crippen LogP contribution in [0.1, 0.15) is 10.4 Å². The van der Waals surface area contributed by atoms with Crippen LogP contribution in [0.2, 0.25) is 0 Å². The molecule has 2 heterocycles. The average Bonchev–Trinajstić information content (AvgIpc) is 2.81. The normalized spacial score (nSPS) is 18.8. The van der Waals surface area contributed by atoms with Gasteiger partial charge in [0.15, 0.2) is 5.56 Å². The zero-order chi connectivity index (χ0) is 11.0. The van der Waals surface area contributed by atoms with E-state index in [0.29, 0.717) is 13.2 Å². The van der Waals surface area contributed by atoms with Crippen molar-refractivity contribution < 1.29 is 14.5 Å². The molecule has 0 saturated carbocycles. The molecule has 1 aromatic rings. The maximum atomic E-state index is 10.9. The molecule has 2 N–H and O–H groups in total. The van der Waals surface area contributed by atoms with Gasteiger partial charge >= 0.3 is 5.82 Å². The summed E-state index contributed by atoms with van der Waals surface area (Å²) < 4.78 is 6.24. The second-order valence-corrected chi connectivity index (χ2v) is 3.17. The zero-order valence-corrected chi connectivity index (χ0v) is 7.62. The average molecular weight is 212 g/mol. The van der Waals surface area contributed by atoms with Crippen LogP contribution in [0, 0.1) is 10.1 Å². The number of amides is 1. The first kappa shape index (κ1) is 9.59. The van der Waals surface area contributed by atoms with E-state index in [1.54, 1.807) is 0 Å². The van der Waals surface area contributed by atoms with Crippen LogP contribution >= 0.6 is 0 Å². The van der Waals surface area contributed by atoms with E-state index in [1.165, 1.54) is 10.9 Å². The highest BCUT2D eigenvalue weighted by atomic mass is 16.6. The fourth-order valence-electron chi connectivity index (χ4n) is 1.20. The third-order valence-corrected chi connectivity index (χ3v) is 1.97. The zero-order valence-electron chi connectivity index (χ0n) is 7.62. The summed E-state index contributed by atoms with van der Waals surface area (Å²) in [4.78, 5) is 20.7. The van der Waals surface area contributed by atoms with Gasteiger partial charge in [0.2, 0.25) is 0 Å². The second-order valence-electron chi connectivity index (χ2n) is 3.17. The summed E-state index contributed by atoms with van der Waals surface area (Å²) in [5, 5.41) is 14.2. The molecule has 1 unspecified atom stereocenters. The fourth-order valence-corrected chi connectivity index (χ4v) is 1.20. The molecule has 0 radical (unpaired) electrons. The molecule has 1 aliphatic rings. The Morgan fingerprint density at radius 3 is 2.93 bits per heavy atom. The molecular formula is C7H8N4O4. The van der Waals surface area contributed by atoms with Crippen molar-refractivity contribution in [3.8, 4) is 0 Å². The fraction of sp³-hybridized carbons (Fsp3) is 0.429. The lowest BCUT2D eigenvalue weighted by molar-refractivity contribution is -0.390. The minimum absolute atomic E-state index is 0.0326. The minimum Gasteiger partial charge on any atom is -0.371 e. The quantitative estimate of drug-likeness (QED) is 0.402. The van der Waals surface area contributed by atoms with Crippen molar-refractivity contribution in [3.05, 3.63) is 21.9 Å². The van der Waals surface area contributed by atoms with Gasteiger partial charge in [0.05, 0.1) is 24.4 Å². The van der Waals surface area contributed by atoms with Gasteiger partial charge in [0.25, 0.3) is 5.91 Å². The Labute approximate surface area is 83.8 Å². The number of rotatable bonds is 4. The molecule has 80 valence electrons. The number of hydrogen-bond acceptors (Lipinski definition) is 5. The smallest absolute Gasteiger partial charge is 0.371 e. The van der Waals surface area contributed by atoms with E-state index in [2.05, 4.69) is 5.10 Å². The van der Waals surface area contributed by atoms with Crippen molar-refractivity contribution in [3.63, 3.8) is 0 Å². The summed E-state index contributed by atoms with van der Waals surface area (Å²) in [7, 11) is 0. The van der Waals surface area contributed by atoms with Gasteiger partial charge in [-0.2, -0.15) is 4.68 Å². The van der Waals surface area contributed by atoms with Gasteiger partial charge in [-0.25, -0.2) is 0 Å². The third kappa shape index (κ3) is 1.94. The number of nitrogens with zero attached hydrogens (tertiary/aromatic N) is 3. The lowest BCUT2D eigenvalue weighted by atomic mass is 10.3. The molecule has 2 rings (SSSR count). The molecule has 1 amide bonds. The molecule has 1 atom stereocenters. The van der Waals surface area contributed by atoms with E-state index in [0.717, 1.165) is 0 Å². The maximum Gasteiger partial charge on any atom is 0.402 e. The Morgan fingerprint density at radius 2 is 2.53 bits per heavy atom. The summed E-state index contributed by atoms with van der Waals surface area (Å²) in [5.41, 5.74) is 4.80. The molecule has 8 nitrogen and oxygen atoms in total. The van der Waals surface area contributed by atoms with Crippen LogP contribution in [0.5, 0.6) is 0 Å². The van der Waals surface area contributed by atoms with Crippen LogP contribution in [0.3, 0.4) is 0 Å². The molecule has 0 bridgehead atoms. The van der Waals surface area contributed by atoms with Crippen LogP contribution in [0.4, 0.5) is 5.82 Å². The van der Waals surface area contributed by atoms with Gasteiger partial charge in [0, 0.05) is 0 Å². The number of carbonyl (C=O) groups excluding carboxylic acids is 1. The molecule has 1 fully saturated rings. The number of epoxide rings is 1. The summed E-state index contributed by atoms with van der Waals surface area (Å²) in [5.74, 6) is -1.37. The standard InChI is InChI=1S/C7H8N4O4/c8-6(12)5-2-10(1-4-3-15-4)9-7(5)11(13)14/h2,4H,1,3H2,(H2,8,12). The van der Waals surface area contributed by atoms with E-state index >= 15 is 0 Å². The predicted octanol–water partition coefficient (Wildman–Crippen LogP) is -0.711. The number of primary amides is 1. The van der Waals surface area contributed by atoms with Crippen molar-refractivity contribution >= 4 is 11.7 Å². The van der Waals surface area contributed by atoms with Gasteiger partial charge in [-0.1, -0.05) is 0 Å². The van der Waals surface area contributed by atoms with Gasteiger partial charge in [-0.15, -0.1) is 0 Å². The maximum absolute atomic E-state index is 10.9. The van der Waals surface area contributed by atoms with Crippen molar-refractivity contribution in [1.29, 1.82) is 0 Å².